The van der Waals surface area contributed by atoms with E-state index in [1.807, 2.05) is 6.07 Å². The van der Waals surface area contributed by atoms with E-state index in [2.05, 4.69) is 39.1 Å². The van der Waals surface area contributed by atoms with Gasteiger partial charge in [-0.05, 0) is 37.4 Å². The summed E-state index contributed by atoms with van der Waals surface area (Å²) in [5.74, 6) is -0.547. The van der Waals surface area contributed by atoms with E-state index in [0.717, 1.165) is 25.9 Å². The Bertz CT molecular complexity index is 697. The van der Waals surface area contributed by atoms with E-state index < -0.39 is 11.7 Å². The second-order valence-electron chi connectivity index (χ2n) is 5.70. The van der Waals surface area contributed by atoms with Gasteiger partial charge < -0.3 is 10.1 Å². The van der Waals surface area contributed by atoms with Crippen LogP contribution in [0, 0.1) is 0 Å². The third kappa shape index (κ3) is 3.12. The minimum atomic E-state index is -1.10. The van der Waals surface area contributed by atoms with Gasteiger partial charge in [-0.2, -0.15) is 0 Å². The lowest BCUT2D eigenvalue weighted by Crippen LogP contribution is -2.33. The van der Waals surface area contributed by atoms with Crippen LogP contribution in [0.3, 0.4) is 0 Å². The lowest BCUT2D eigenvalue weighted by molar-refractivity contribution is 0.0688. The lowest BCUT2D eigenvalue weighted by atomic mass is 9.89. The lowest BCUT2D eigenvalue weighted by Gasteiger charge is -2.31. The molecule has 3 N–H and O–H groups in total. The number of rotatable bonds is 4. The molecule has 2 aromatic rings. The molecule has 0 radical (unpaired) electrons. The molecule has 1 aromatic heterocycles. The standard InChI is InChI=1S/C16H19N3O3/c20-15(21)14-13(17-16(22)18-14)10-19-8-6-12(7-9-19)11-4-2-1-3-5-11/h1-5,12H,6-10H2,(H,20,21)(H2,17,18,22). The summed E-state index contributed by atoms with van der Waals surface area (Å²) in [5, 5.41) is 9.09. The first-order valence-corrected chi connectivity index (χ1v) is 7.45. The summed E-state index contributed by atoms with van der Waals surface area (Å²) in [6.07, 6.45) is 2.09. The van der Waals surface area contributed by atoms with Crippen molar-refractivity contribution in [3.8, 4) is 0 Å². The van der Waals surface area contributed by atoms with Gasteiger partial charge in [0.25, 0.3) is 0 Å². The number of nitrogens with zero attached hydrogens (tertiary/aromatic N) is 1. The van der Waals surface area contributed by atoms with Crippen LogP contribution >= 0.6 is 0 Å². The van der Waals surface area contributed by atoms with Crippen molar-refractivity contribution in [2.75, 3.05) is 13.1 Å². The molecule has 6 heteroatoms. The van der Waals surface area contributed by atoms with E-state index in [1.54, 1.807) is 0 Å². The van der Waals surface area contributed by atoms with Gasteiger partial charge in [-0.15, -0.1) is 0 Å². The fourth-order valence-corrected chi connectivity index (χ4v) is 3.09. The largest absolute Gasteiger partial charge is 0.477 e. The van der Waals surface area contributed by atoms with E-state index in [9.17, 15) is 9.59 Å². The van der Waals surface area contributed by atoms with Crippen molar-refractivity contribution < 1.29 is 9.90 Å². The van der Waals surface area contributed by atoms with Crippen LogP contribution in [0.15, 0.2) is 35.1 Å². The van der Waals surface area contributed by atoms with Gasteiger partial charge >= 0.3 is 11.7 Å². The summed E-state index contributed by atoms with van der Waals surface area (Å²) in [4.78, 5) is 29.5. The van der Waals surface area contributed by atoms with Gasteiger partial charge in [0, 0.05) is 6.54 Å². The molecule has 22 heavy (non-hydrogen) atoms. The summed E-state index contributed by atoms with van der Waals surface area (Å²) in [6, 6.07) is 10.5. The third-order valence-electron chi connectivity index (χ3n) is 4.26. The van der Waals surface area contributed by atoms with Crippen molar-refractivity contribution in [2.24, 2.45) is 0 Å². The fraction of sp³-hybridized carbons (Fsp3) is 0.375. The van der Waals surface area contributed by atoms with Crippen LogP contribution in [0.4, 0.5) is 0 Å². The van der Waals surface area contributed by atoms with Crippen LogP contribution < -0.4 is 5.69 Å². The normalized spacial score (nSPS) is 16.7. The van der Waals surface area contributed by atoms with E-state index in [0.29, 0.717) is 18.2 Å². The maximum Gasteiger partial charge on any atom is 0.354 e. The Balaban J connectivity index is 1.63. The molecule has 2 heterocycles. The van der Waals surface area contributed by atoms with Crippen molar-refractivity contribution >= 4 is 5.97 Å². The summed E-state index contributed by atoms with van der Waals surface area (Å²) in [7, 11) is 0. The minimum Gasteiger partial charge on any atom is -0.477 e. The van der Waals surface area contributed by atoms with E-state index >= 15 is 0 Å². The fourth-order valence-electron chi connectivity index (χ4n) is 3.09. The number of nitrogens with one attached hydrogen (secondary N) is 2. The number of aromatic amines is 2. The zero-order valence-corrected chi connectivity index (χ0v) is 12.2. The molecule has 0 aliphatic carbocycles. The number of carboxylic acid groups (broad SMARTS) is 1. The number of benzene rings is 1. The minimum absolute atomic E-state index is 0.0322. The van der Waals surface area contributed by atoms with Crippen molar-refractivity contribution in [2.45, 2.75) is 25.3 Å². The Morgan fingerprint density at radius 2 is 1.86 bits per heavy atom. The number of carboxylic acids is 1. The number of hydrogen-bond acceptors (Lipinski definition) is 3. The van der Waals surface area contributed by atoms with Crippen LogP contribution in [0.5, 0.6) is 0 Å². The van der Waals surface area contributed by atoms with Gasteiger partial charge in [0.15, 0.2) is 0 Å². The van der Waals surface area contributed by atoms with Crippen LogP contribution in [-0.2, 0) is 6.54 Å². The van der Waals surface area contributed by atoms with Crippen LogP contribution in [0.2, 0.25) is 0 Å². The second kappa shape index (κ2) is 6.19. The average Bonchev–Trinajstić information content (AvgIpc) is 2.90. The molecule has 0 spiro atoms. The SMILES string of the molecule is O=C(O)c1[nH]c(=O)[nH]c1CN1CCC(c2ccccc2)CC1. The zero-order chi connectivity index (χ0) is 15.5. The zero-order valence-electron chi connectivity index (χ0n) is 12.2. The smallest absolute Gasteiger partial charge is 0.354 e. The first-order chi connectivity index (χ1) is 10.6. The predicted molar refractivity (Wildman–Crippen MR) is 82.1 cm³/mol. The maximum atomic E-state index is 11.3. The molecule has 0 atom stereocenters. The summed E-state index contributed by atoms with van der Waals surface area (Å²) in [6.45, 7) is 2.25. The topological polar surface area (TPSA) is 89.2 Å². The Morgan fingerprint density at radius 3 is 2.50 bits per heavy atom. The summed E-state index contributed by atoms with van der Waals surface area (Å²) < 4.78 is 0. The van der Waals surface area contributed by atoms with Crippen molar-refractivity contribution in [3.63, 3.8) is 0 Å². The number of likely N-dealkylation sites (tertiary alicyclic amines) is 1. The Morgan fingerprint density at radius 1 is 1.18 bits per heavy atom. The molecule has 1 aliphatic heterocycles. The van der Waals surface area contributed by atoms with Gasteiger partial charge in [0.05, 0.1) is 5.69 Å². The number of aromatic carboxylic acids is 1. The average molecular weight is 301 g/mol. The Hall–Kier alpha value is -2.34. The molecule has 3 rings (SSSR count). The molecule has 0 saturated carbocycles. The number of H-pyrrole nitrogens is 2. The predicted octanol–water partition coefficient (Wildman–Crippen LogP) is 1.78. The van der Waals surface area contributed by atoms with Crippen LogP contribution in [0.25, 0.3) is 0 Å². The van der Waals surface area contributed by atoms with Crippen molar-refractivity contribution in [1.82, 2.24) is 14.9 Å². The van der Waals surface area contributed by atoms with Gasteiger partial charge in [0.2, 0.25) is 0 Å². The molecule has 116 valence electrons. The van der Waals surface area contributed by atoms with Gasteiger partial charge in [0.1, 0.15) is 5.69 Å². The van der Waals surface area contributed by atoms with Gasteiger partial charge in [-0.1, -0.05) is 30.3 Å². The number of carbonyl (C=O) groups is 1. The molecular formula is C16H19N3O3. The number of piperidine rings is 1. The van der Waals surface area contributed by atoms with E-state index in [1.165, 1.54) is 5.56 Å². The number of aromatic nitrogens is 2. The molecule has 1 aromatic carbocycles. The van der Waals surface area contributed by atoms with Crippen molar-refractivity contribution in [1.29, 1.82) is 0 Å². The summed E-state index contributed by atoms with van der Waals surface area (Å²) in [5.41, 5.74) is 1.32. The second-order valence-corrected chi connectivity index (χ2v) is 5.70. The first kappa shape index (κ1) is 14.6. The van der Waals surface area contributed by atoms with Crippen molar-refractivity contribution in [3.05, 3.63) is 57.8 Å². The molecule has 0 unspecified atom stereocenters. The van der Waals surface area contributed by atoms with E-state index in [4.69, 9.17) is 5.11 Å². The third-order valence-corrected chi connectivity index (χ3v) is 4.26. The molecule has 0 bridgehead atoms. The molecular weight excluding hydrogens is 282 g/mol. The quantitative estimate of drug-likeness (QED) is 0.803. The molecule has 6 nitrogen and oxygen atoms in total. The highest BCUT2D eigenvalue weighted by atomic mass is 16.4. The Labute approximate surface area is 127 Å². The molecule has 1 aliphatic rings. The molecule has 1 saturated heterocycles. The number of imidazole rings is 1. The number of hydrogen-bond donors (Lipinski definition) is 3. The highest BCUT2D eigenvalue weighted by Gasteiger charge is 2.23. The Kier molecular flexibility index (Phi) is 4.11. The first-order valence-electron chi connectivity index (χ1n) is 7.45. The van der Waals surface area contributed by atoms with Gasteiger partial charge in [-0.3, -0.25) is 9.88 Å². The van der Waals surface area contributed by atoms with Crippen LogP contribution in [-0.4, -0.2) is 39.0 Å². The molecule has 0 amide bonds. The van der Waals surface area contributed by atoms with Gasteiger partial charge in [-0.25, -0.2) is 9.59 Å². The van der Waals surface area contributed by atoms with E-state index in [-0.39, 0.29) is 5.69 Å². The molecule has 1 fully saturated rings. The monoisotopic (exact) mass is 301 g/mol. The highest BCUT2D eigenvalue weighted by molar-refractivity contribution is 5.86. The van der Waals surface area contributed by atoms with Crippen LogP contribution in [0.1, 0.15) is 40.5 Å². The highest BCUT2D eigenvalue weighted by Crippen LogP contribution is 2.28. The maximum absolute atomic E-state index is 11.3. The summed E-state index contributed by atoms with van der Waals surface area (Å²) >= 11 is 0.